The van der Waals surface area contributed by atoms with Crippen molar-refractivity contribution in [2.24, 2.45) is 0 Å². The average molecular weight is 410 g/mol. The van der Waals surface area contributed by atoms with Crippen molar-refractivity contribution in [3.8, 4) is 5.75 Å². The number of aliphatic hydroxyl groups excluding tert-OH is 1. The molecule has 0 bridgehead atoms. The summed E-state index contributed by atoms with van der Waals surface area (Å²) >= 11 is 1.77. The lowest BCUT2D eigenvalue weighted by Gasteiger charge is -2.35. The summed E-state index contributed by atoms with van der Waals surface area (Å²) in [6.45, 7) is 7.91. The fraction of sp³-hybridized carbons (Fsp3) is 0.348. The summed E-state index contributed by atoms with van der Waals surface area (Å²) in [5.74, 6) is 1.88. The van der Waals surface area contributed by atoms with Crippen molar-refractivity contribution in [1.29, 1.82) is 0 Å². The minimum atomic E-state index is 0.0220. The van der Waals surface area contributed by atoms with Crippen molar-refractivity contribution in [3.05, 3.63) is 53.0 Å². The Labute approximate surface area is 175 Å². The summed E-state index contributed by atoms with van der Waals surface area (Å²) in [4.78, 5) is 9.91. The number of aromatic nitrogens is 1. The topological polar surface area (TPSA) is 48.8 Å². The molecule has 3 aromatic rings. The SMILES string of the molecule is CCN1CCN(c2nc(/C=C/c3ccc(OCCO)cc3)cc3ccsc23)CC1. The van der Waals surface area contributed by atoms with Crippen LogP contribution in [0, 0.1) is 0 Å². The van der Waals surface area contributed by atoms with E-state index in [1.807, 2.05) is 24.3 Å². The van der Waals surface area contributed by atoms with Crippen LogP contribution < -0.4 is 9.64 Å². The number of piperazine rings is 1. The lowest BCUT2D eigenvalue weighted by atomic mass is 10.1. The third-order valence-electron chi connectivity index (χ3n) is 5.24. The molecular weight excluding hydrogens is 382 g/mol. The number of aliphatic hydroxyl groups is 1. The fourth-order valence-electron chi connectivity index (χ4n) is 3.58. The summed E-state index contributed by atoms with van der Waals surface area (Å²) in [5.41, 5.74) is 2.07. The molecule has 2 aromatic heterocycles. The molecule has 0 saturated carbocycles. The maximum Gasteiger partial charge on any atom is 0.147 e. The molecule has 4 rings (SSSR count). The predicted octanol–water partition coefficient (Wildman–Crippen LogP) is 3.98. The van der Waals surface area contributed by atoms with E-state index in [0.717, 1.165) is 55.5 Å². The van der Waals surface area contributed by atoms with Crippen LogP contribution in [0.1, 0.15) is 18.2 Å². The van der Waals surface area contributed by atoms with Crippen molar-refractivity contribution in [2.45, 2.75) is 6.92 Å². The predicted molar refractivity (Wildman–Crippen MR) is 122 cm³/mol. The number of likely N-dealkylation sites (N-methyl/N-ethyl adjacent to an activating group) is 1. The highest BCUT2D eigenvalue weighted by Crippen LogP contribution is 2.31. The van der Waals surface area contributed by atoms with E-state index < -0.39 is 0 Å². The van der Waals surface area contributed by atoms with Gasteiger partial charge in [0.05, 0.1) is 17.0 Å². The van der Waals surface area contributed by atoms with Gasteiger partial charge in [-0.1, -0.05) is 25.1 Å². The van der Waals surface area contributed by atoms with Gasteiger partial charge in [0.2, 0.25) is 0 Å². The summed E-state index contributed by atoms with van der Waals surface area (Å²) in [5, 5.41) is 12.3. The Kier molecular flexibility index (Phi) is 6.44. The van der Waals surface area contributed by atoms with E-state index in [0.29, 0.717) is 6.61 Å². The first-order valence-electron chi connectivity index (χ1n) is 10.1. The number of hydrogen-bond acceptors (Lipinski definition) is 6. The minimum absolute atomic E-state index is 0.0220. The number of fused-ring (bicyclic) bond motifs is 1. The molecule has 0 unspecified atom stereocenters. The van der Waals surface area contributed by atoms with Gasteiger partial charge in [-0.25, -0.2) is 4.98 Å². The van der Waals surface area contributed by atoms with E-state index in [-0.39, 0.29) is 6.61 Å². The van der Waals surface area contributed by atoms with Crippen molar-refractivity contribution < 1.29 is 9.84 Å². The molecule has 3 heterocycles. The zero-order valence-corrected chi connectivity index (χ0v) is 17.6. The molecule has 0 amide bonds. The van der Waals surface area contributed by atoms with E-state index in [1.54, 1.807) is 11.3 Å². The number of nitrogens with zero attached hydrogens (tertiary/aromatic N) is 3. The molecule has 0 aliphatic carbocycles. The van der Waals surface area contributed by atoms with E-state index in [9.17, 15) is 0 Å². The number of benzene rings is 1. The van der Waals surface area contributed by atoms with Crippen LogP contribution in [0.25, 0.3) is 22.2 Å². The van der Waals surface area contributed by atoms with Crippen LogP contribution in [-0.4, -0.2) is 60.9 Å². The zero-order chi connectivity index (χ0) is 20.1. The monoisotopic (exact) mass is 409 g/mol. The Morgan fingerprint density at radius 1 is 1.10 bits per heavy atom. The minimum Gasteiger partial charge on any atom is -0.491 e. The Morgan fingerprint density at radius 3 is 2.62 bits per heavy atom. The smallest absolute Gasteiger partial charge is 0.147 e. The number of anilines is 1. The number of rotatable bonds is 7. The van der Waals surface area contributed by atoms with Crippen molar-refractivity contribution in [3.63, 3.8) is 0 Å². The summed E-state index contributed by atoms with van der Waals surface area (Å²) in [6.07, 6.45) is 4.15. The molecule has 1 aliphatic rings. The van der Waals surface area contributed by atoms with Crippen molar-refractivity contribution >= 4 is 39.4 Å². The van der Waals surface area contributed by atoms with Gasteiger partial charge in [0.1, 0.15) is 18.2 Å². The lowest BCUT2D eigenvalue weighted by Crippen LogP contribution is -2.46. The third-order valence-corrected chi connectivity index (χ3v) is 6.17. The third kappa shape index (κ3) is 4.78. The maximum absolute atomic E-state index is 8.85. The number of thiophene rings is 1. The molecule has 0 spiro atoms. The van der Waals surface area contributed by atoms with E-state index in [2.05, 4.69) is 46.4 Å². The zero-order valence-electron chi connectivity index (χ0n) is 16.8. The summed E-state index contributed by atoms with van der Waals surface area (Å²) in [6, 6.07) is 12.2. The highest BCUT2D eigenvalue weighted by atomic mass is 32.1. The highest BCUT2D eigenvalue weighted by Gasteiger charge is 2.19. The lowest BCUT2D eigenvalue weighted by molar-refractivity contribution is 0.201. The molecule has 5 nitrogen and oxygen atoms in total. The van der Waals surface area contributed by atoms with Crippen LogP contribution >= 0.6 is 11.3 Å². The van der Waals surface area contributed by atoms with E-state index >= 15 is 0 Å². The fourth-order valence-corrected chi connectivity index (χ4v) is 4.47. The molecule has 0 atom stereocenters. The Balaban J connectivity index is 1.54. The molecule has 0 radical (unpaired) electrons. The van der Waals surface area contributed by atoms with Gasteiger partial charge in [0, 0.05) is 26.2 Å². The first-order valence-corrected chi connectivity index (χ1v) is 11.0. The number of pyridine rings is 1. The van der Waals surface area contributed by atoms with Gasteiger partial charge in [0.25, 0.3) is 0 Å². The largest absolute Gasteiger partial charge is 0.491 e. The van der Waals surface area contributed by atoms with Crippen LogP contribution in [-0.2, 0) is 0 Å². The van der Waals surface area contributed by atoms with E-state index in [4.69, 9.17) is 14.8 Å². The molecule has 1 aliphatic heterocycles. The first-order chi connectivity index (χ1) is 14.3. The van der Waals surface area contributed by atoms with Gasteiger partial charge in [-0.15, -0.1) is 11.3 Å². The standard InChI is InChI=1S/C23H27N3O2S/c1-2-25-10-12-26(13-11-25)23-22-19(9-16-29-22)17-20(24-23)6-3-18-4-7-21(8-5-18)28-15-14-27/h3-9,16-17,27H,2,10-15H2,1H3/b6-3+. The Bertz CT molecular complexity index is 960. The molecule has 1 saturated heterocycles. The van der Waals surface area contributed by atoms with Crippen molar-refractivity contribution in [1.82, 2.24) is 9.88 Å². The second-order valence-corrected chi connectivity index (χ2v) is 8.02. The van der Waals surface area contributed by atoms with Crippen LogP contribution in [0.15, 0.2) is 41.8 Å². The molecule has 152 valence electrons. The summed E-state index contributed by atoms with van der Waals surface area (Å²) < 4.78 is 6.69. The van der Waals surface area contributed by atoms with Gasteiger partial charge in [0.15, 0.2) is 0 Å². The van der Waals surface area contributed by atoms with Crippen LogP contribution in [0.4, 0.5) is 5.82 Å². The second-order valence-electron chi connectivity index (χ2n) is 7.11. The second kappa shape index (κ2) is 9.39. The maximum atomic E-state index is 8.85. The summed E-state index contributed by atoms with van der Waals surface area (Å²) in [7, 11) is 0. The molecular formula is C23H27N3O2S. The van der Waals surface area contributed by atoms with Crippen LogP contribution in [0.5, 0.6) is 5.75 Å². The Morgan fingerprint density at radius 2 is 1.90 bits per heavy atom. The molecule has 1 aromatic carbocycles. The average Bonchev–Trinajstić information content (AvgIpc) is 3.25. The van der Waals surface area contributed by atoms with Crippen LogP contribution in [0.3, 0.4) is 0 Å². The van der Waals surface area contributed by atoms with Gasteiger partial charge < -0.3 is 19.6 Å². The molecule has 1 N–H and O–H groups in total. The van der Waals surface area contributed by atoms with Gasteiger partial charge in [-0.2, -0.15) is 0 Å². The normalized spacial score (nSPS) is 15.4. The molecule has 29 heavy (non-hydrogen) atoms. The van der Waals surface area contributed by atoms with Crippen LogP contribution in [0.2, 0.25) is 0 Å². The van der Waals surface area contributed by atoms with Crippen molar-refractivity contribution in [2.75, 3.05) is 50.8 Å². The first kappa shape index (κ1) is 19.9. The quantitative estimate of drug-likeness (QED) is 0.640. The molecule has 6 heteroatoms. The van der Waals surface area contributed by atoms with Gasteiger partial charge in [-0.3, -0.25) is 0 Å². The van der Waals surface area contributed by atoms with E-state index in [1.165, 1.54) is 10.1 Å². The number of ether oxygens (including phenoxy) is 1. The van der Waals surface area contributed by atoms with Gasteiger partial charge >= 0.3 is 0 Å². The highest BCUT2D eigenvalue weighted by molar-refractivity contribution is 7.17. The van der Waals surface area contributed by atoms with Gasteiger partial charge in [-0.05, 0) is 53.2 Å². The molecule has 1 fully saturated rings. The number of hydrogen-bond donors (Lipinski definition) is 1. The Hall–Kier alpha value is -2.41.